The first kappa shape index (κ1) is 28.1. The molecule has 0 radical (unpaired) electrons. The number of hydrogen-bond acceptors (Lipinski definition) is 7. The highest BCUT2D eigenvalue weighted by Gasteiger charge is 2.26. The van der Waals surface area contributed by atoms with Gasteiger partial charge >= 0.3 is 0 Å². The maximum Gasteiger partial charge on any atom is 0.234 e. The number of piperazine rings is 1. The van der Waals surface area contributed by atoms with Gasteiger partial charge < -0.3 is 20.9 Å². The fourth-order valence-corrected chi connectivity index (χ4v) is 5.37. The summed E-state index contributed by atoms with van der Waals surface area (Å²) in [6, 6.07) is 5.36. The van der Waals surface area contributed by atoms with E-state index in [1.165, 1.54) is 19.4 Å². The third-order valence-electron chi connectivity index (χ3n) is 7.32. The molecule has 37 heavy (non-hydrogen) atoms. The van der Waals surface area contributed by atoms with Crippen LogP contribution in [0, 0.1) is 11.8 Å². The second-order valence-corrected chi connectivity index (χ2v) is 11.2. The lowest BCUT2D eigenvalue weighted by molar-refractivity contribution is -0.123. The van der Waals surface area contributed by atoms with Gasteiger partial charge in [0.05, 0.1) is 28.8 Å². The molecule has 4 rings (SSSR count). The summed E-state index contributed by atoms with van der Waals surface area (Å²) in [7, 11) is 0. The summed E-state index contributed by atoms with van der Waals surface area (Å²) in [5.74, 6) is 1.45. The number of amides is 2. The topological polar surface area (TPSA) is 92.3 Å². The monoisotopic (exact) mass is 551 g/mol. The number of carbonyl (C=O) groups excluding carboxylic acids is 2. The number of hydrogen-bond donors (Lipinski definition) is 3. The van der Waals surface area contributed by atoms with Crippen molar-refractivity contribution in [3.63, 3.8) is 0 Å². The Morgan fingerprint density at radius 2 is 1.78 bits per heavy atom. The van der Waals surface area contributed by atoms with Crippen molar-refractivity contribution in [1.82, 2.24) is 25.8 Å². The predicted octanol–water partition coefficient (Wildman–Crippen LogP) is 2.39. The van der Waals surface area contributed by atoms with Crippen molar-refractivity contribution >= 4 is 46.5 Å². The van der Waals surface area contributed by atoms with Gasteiger partial charge in [-0.05, 0) is 56.5 Å². The molecular formula is C26H39Cl2N7O2. The third kappa shape index (κ3) is 8.55. The van der Waals surface area contributed by atoms with E-state index in [0.29, 0.717) is 48.4 Å². The average molecular weight is 553 g/mol. The molecule has 204 valence electrons. The van der Waals surface area contributed by atoms with Gasteiger partial charge in [0.15, 0.2) is 0 Å². The van der Waals surface area contributed by atoms with Crippen molar-refractivity contribution in [1.29, 1.82) is 0 Å². The number of nitrogens with zero attached hydrogens (tertiary/aromatic N) is 4. The highest BCUT2D eigenvalue weighted by Crippen LogP contribution is 2.29. The van der Waals surface area contributed by atoms with Crippen LogP contribution in [0.4, 0.5) is 5.69 Å². The summed E-state index contributed by atoms with van der Waals surface area (Å²) in [5, 5.41) is 16.6. The van der Waals surface area contributed by atoms with Gasteiger partial charge in [0.1, 0.15) is 5.84 Å². The normalized spacial score (nSPS) is 21.6. The highest BCUT2D eigenvalue weighted by atomic mass is 35.5. The Bertz CT molecular complexity index is 962. The smallest absolute Gasteiger partial charge is 0.234 e. The van der Waals surface area contributed by atoms with Crippen LogP contribution in [0.2, 0.25) is 10.0 Å². The van der Waals surface area contributed by atoms with Gasteiger partial charge in [-0.1, -0.05) is 30.1 Å². The van der Waals surface area contributed by atoms with Crippen LogP contribution in [-0.2, 0) is 9.59 Å². The zero-order chi connectivity index (χ0) is 26.2. The summed E-state index contributed by atoms with van der Waals surface area (Å²) < 4.78 is 0. The van der Waals surface area contributed by atoms with Crippen molar-refractivity contribution in [3.8, 4) is 0 Å². The molecule has 0 spiro atoms. The third-order valence-corrected chi connectivity index (χ3v) is 8.06. The van der Waals surface area contributed by atoms with E-state index in [4.69, 9.17) is 23.2 Å². The largest absolute Gasteiger partial charge is 0.355 e. The zero-order valence-corrected chi connectivity index (χ0v) is 23.2. The number of piperidine rings is 1. The number of nitrogens with one attached hydrogen (secondary N) is 3. The zero-order valence-electron chi connectivity index (χ0n) is 21.6. The standard InChI is InChI=1S/C26H39Cl2N7O2/c1-19-16-35(21-4-5-22(27)23(28)15-21)32-26(19)31-24(36)3-2-8-30-25(37)18-34-13-11-33(12-14-34)17-20-6-9-29-10-7-20/h4-5,15,19-20,29H,2-3,6-14,16-18H2,1H3,(H,30,37)(H,31,32,36). The maximum absolute atomic E-state index is 12.4. The van der Waals surface area contributed by atoms with Crippen molar-refractivity contribution in [3.05, 3.63) is 28.2 Å². The predicted molar refractivity (Wildman–Crippen MR) is 149 cm³/mol. The first-order chi connectivity index (χ1) is 17.9. The molecule has 0 aliphatic carbocycles. The molecule has 2 saturated heterocycles. The van der Waals surface area contributed by atoms with Crippen LogP contribution < -0.4 is 21.0 Å². The summed E-state index contributed by atoms with van der Waals surface area (Å²) in [6.07, 6.45) is 3.45. The molecule has 2 fully saturated rings. The SMILES string of the molecule is CC1CN(c2ccc(Cl)c(Cl)c2)N=C1NC(=O)CCCNC(=O)CN1CCN(CC2CCNCC2)CC1. The number of halogens is 2. The van der Waals surface area contributed by atoms with Gasteiger partial charge in [0, 0.05) is 51.6 Å². The Balaban J connectivity index is 1.09. The molecular weight excluding hydrogens is 513 g/mol. The second-order valence-electron chi connectivity index (χ2n) is 10.3. The molecule has 3 heterocycles. The quantitative estimate of drug-likeness (QED) is 0.408. The number of benzene rings is 1. The van der Waals surface area contributed by atoms with E-state index in [0.717, 1.165) is 50.9 Å². The molecule has 3 aliphatic rings. The van der Waals surface area contributed by atoms with E-state index in [1.54, 1.807) is 12.1 Å². The number of anilines is 1. The van der Waals surface area contributed by atoms with Gasteiger partial charge in [0.2, 0.25) is 11.8 Å². The van der Waals surface area contributed by atoms with Crippen molar-refractivity contribution < 1.29 is 9.59 Å². The van der Waals surface area contributed by atoms with Gasteiger partial charge in [0.25, 0.3) is 0 Å². The van der Waals surface area contributed by atoms with E-state index in [9.17, 15) is 9.59 Å². The molecule has 1 aromatic carbocycles. The van der Waals surface area contributed by atoms with Gasteiger partial charge in [-0.2, -0.15) is 5.10 Å². The minimum atomic E-state index is -0.0966. The van der Waals surface area contributed by atoms with E-state index in [-0.39, 0.29) is 17.7 Å². The molecule has 1 unspecified atom stereocenters. The van der Waals surface area contributed by atoms with Crippen molar-refractivity contribution in [2.75, 3.05) is 70.5 Å². The van der Waals surface area contributed by atoms with Gasteiger partial charge in [-0.25, -0.2) is 0 Å². The molecule has 1 aromatic rings. The van der Waals surface area contributed by atoms with E-state index in [2.05, 4.69) is 30.9 Å². The molecule has 0 aromatic heterocycles. The first-order valence-corrected chi connectivity index (χ1v) is 14.2. The Kier molecular flexibility index (Phi) is 10.5. The Morgan fingerprint density at radius 3 is 2.51 bits per heavy atom. The number of carbonyl (C=O) groups is 2. The van der Waals surface area contributed by atoms with Gasteiger partial charge in [-0.15, -0.1) is 0 Å². The Morgan fingerprint density at radius 1 is 1.05 bits per heavy atom. The summed E-state index contributed by atoms with van der Waals surface area (Å²) in [6.45, 7) is 11.0. The summed E-state index contributed by atoms with van der Waals surface area (Å²) in [5.41, 5.74) is 0.830. The van der Waals surface area contributed by atoms with Crippen LogP contribution in [-0.4, -0.2) is 92.9 Å². The van der Waals surface area contributed by atoms with Crippen molar-refractivity contribution in [2.24, 2.45) is 16.9 Å². The number of rotatable bonds is 9. The lowest BCUT2D eigenvalue weighted by Crippen LogP contribution is -2.51. The Labute approximate surface area is 229 Å². The van der Waals surface area contributed by atoms with E-state index < -0.39 is 0 Å². The minimum Gasteiger partial charge on any atom is -0.355 e. The fraction of sp³-hybridized carbons (Fsp3) is 0.654. The molecule has 1 atom stereocenters. The van der Waals surface area contributed by atoms with E-state index >= 15 is 0 Å². The minimum absolute atomic E-state index is 0.0262. The molecule has 11 heteroatoms. The molecule has 0 saturated carbocycles. The number of hydrazone groups is 1. The molecule has 3 aliphatic heterocycles. The van der Waals surface area contributed by atoms with Crippen LogP contribution >= 0.6 is 23.2 Å². The van der Waals surface area contributed by atoms with E-state index in [1.807, 2.05) is 18.0 Å². The molecule has 2 amide bonds. The molecule has 0 bridgehead atoms. The number of amidine groups is 1. The van der Waals surface area contributed by atoms with Crippen LogP contribution in [0.1, 0.15) is 32.6 Å². The lowest BCUT2D eigenvalue weighted by atomic mass is 9.97. The van der Waals surface area contributed by atoms with Crippen LogP contribution in [0.15, 0.2) is 23.3 Å². The summed E-state index contributed by atoms with van der Waals surface area (Å²) >= 11 is 12.1. The molecule has 9 nitrogen and oxygen atoms in total. The van der Waals surface area contributed by atoms with Crippen LogP contribution in [0.5, 0.6) is 0 Å². The van der Waals surface area contributed by atoms with Gasteiger partial charge in [-0.3, -0.25) is 19.5 Å². The Hall–Kier alpha value is -1.91. The summed E-state index contributed by atoms with van der Waals surface area (Å²) in [4.78, 5) is 29.6. The average Bonchev–Trinajstić information content (AvgIpc) is 3.25. The fourth-order valence-electron chi connectivity index (χ4n) is 5.07. The lowest BCUT2D eigenvalue weighted by Gasteiger charge is -2.37. The van der Waals surface area contributed by atoms with Crippen LogP contribution in [0.25, 0.3) is 0 Å². The highest BCUT2D eigenvalue weighted by molar-refractivity contribution is 6.42. The van der Waals surface area contributed by atoms with Crippen LogP contribution in [0.3, 0.4) is 0 Å². The second kappa shape index (κ2) is 13.8. The molecule has 3 N–H and O–H groups in total. The van der Waals surface area contributed by atoms with Crippen molar-refractivity contribution in [2.45, 2.75) is 32.6 Å². The first-order valence-electron chi connectivity index (χ1n) is 13.4. The maximum atomic E-state index is 12.4.